The lowest BCUT2D eigenvalue weighted by Gasteiger charge is -2.16. The van der Waals surface area contributed by atoms with E-state index in [-0.39, 0.29) is 17.4 Å². The molecule has 1 aromatic rings. The van der Waals surface area contributed by atoms with Crippen LogP contribution in [0.25, 0.3) is 0 Å². The molecule has 0 saturated carbocycles. The maximum absolute atomic E-state index is 12.0. The summed E-state index contributed by atoms with van der Waals surface area (Å²) in [6, 6.07) is 5.52. The molecule has 0 saturated heterocycles. The van der Waals surface area contributed by atoms with Gasteiger partial charge in [0.2, 0.25) is 10.0 Å². The van der Waals surface area contributed by atoms with Crippen LogP contribution in [0.4, 0.5) is 0 Å². The topological polar surface area (TPSA) is 92.7 Å². The van der Waals surface area contributed by atoms with Crippen LogP contribution in [0.3, 0.4) is 0 Å². The van der Waals surface area contributed by atoms with E-state index in [9.17, 15) is 13.2 Å². The first-order valence-electron chi connectivity index (χ1n) is 6.19. The van der Waals surface area contributed by atoms with Crippen molar-refractivity contribution < 1.29 is 23.1 Å². The molecule has 0 aliphatic rings. The smallest absolute Gasteiger partial charge is 0.335 e. The third kappa shape index (κ3) is 5.28. The molecule has 112 valence electrons. The molecule has 1 aromatic carbocycles. The van der Waals surface area contributed by atoms with Crippen LogP contribution in [0, 0.1) is 0 Å². The Bertz CT molecular complexity index is 538. The van der Waals surface area contributed by atoms with Crippen molar-refractivity contribution >= 4 is 16.0 Å². The van der Waals surface area contributed by atoms with Gasteiger partial charge < -0.3 is 9.84 Å². The molecule has 1 rings (SSSR count). The van der Waals surface area contributed by atoms with Crippen molar-refractivity contribution in [1.29, 1.82) is 0 Å². The fourth-order valence-corrected chi connectivity index (χ4v) is 3.15. The van der Waals surface area contributed by atoms with Crippen LogP contribution in [0.2, 0.25) is 0 Å². The minimum absolute atomic E-state index is 0.130. The van der Waals surface area contributed by atoms with Crippen molar-refractivity contribution in [2.24, 2.45) is 0 Å². The third-order valence-corrected chi connectivity index (χ3v) is 4.17. The number of carboxylic acids is 1. The van der Waals surface area contributed by atoms with Gasteiger partial charge in [0.1, 0.15) is 0 Å². The van der Waals surface area contributed by atoms with Crippen LogP contribution < -0.4 is 4.72 Å². The van der Waals surface area contributed by atoms with Crippen LogP contribution in [0.1, 0.15) is 29.3 Å². The molecule has 0 radical (unpaired) electrons. The summed E-state index contributed by atoms with van der Waals surface area (Å²) >= 11 is 0. The first-order valence-corrected chi connectivity index (χ1v) is 7.84. The summed E-state index contributed by atoms with van der Waals surface area (Å²) < 4.78 is 31.5. The number of hydrogen-bond donors (Lipinski definition) is 2. The van der Waals surface area contributed by atoms with Crippen molar-refractivity contribution in [2.45, 2.75) is 25.1 Å². The summed E-state index contributed by atoms with van der Waals surface area (Å²) in [6.07, 6.45) is 0.630. The fraction of sp³-hybridized carbons (Fsp3) is 0.462. The van der Waals surface area contributed by atoms with E-state index in [1.54, 1.807) is 0 Å². The Morgan fingerprint density at radius 2 is 1.95 bits per heavy atom. The summed E-state index contributed by atoms with van der Waals surface area (Å²) in [5, 5.41) is 8.77. The second kappa shape index (κ2) is 7.37. The van der Waals surface area contributed by atoms with Crippen LogP contribution in [0.5, 0.6) is 0 Å². The van der Waals surface area contributed by atoms with E-state index in [1.165, 1.54) is 31.4 Å². The number of methoxy groups -OCH3 is 1. The van der Waals surface area contributed by atoms with E-state index in [0.29, 0.717) is 18.6 Å². The maximum atomic E-state index is 12.0. The minimum atomic E-state index is -3.48. The number of carbonyl (C=O) groups is 1. The van der Waals surface area contributed by atoms with Crippen molar-refractivity contribution in [3.63, 3.8) is 0 Å². The van der Waals surface area contributed by atoms with E-state index < -0.39 is 16.0 Å². The summed E-state index contributed by atoms with van der Waals surface area (Å²) in [6.45, 7) is 2.18. The molecule has 2 N–H and O–H groups in total. The lowest BCUT2D eigenvalue weighted by Crippen LogP contribution is -2.38. The number of nitrogens with one attached hydrogen (secondary N) is 1. The Labute approximate surface area is 118 Å². The number of ether oxygens (including phenoxy) is 1. The van der Waals surface area contributed by atoms with Crippen molar-refractivity contribution in [1.82, 2.24) is 4.72 Å². The van der Waals surface area contributed by atoms with Gasteiger partial charge in [0.25, 0.3) is 0 Å². The molecule has 7 heteroatoms. The molecule has 0 aliphatic heterocycles. The molecule has 6 nitrogen and oxygen atoms in total. The average Bonchev–Trinajstić information content (AvgIpc) is 2.38. The fourth-order valence-electron chi connectivity index (χ4n) is 1.69. The highest BCUT2D eigenvalue weighted by Gasteiger charge is 2.17. The molecule has 0 bridgehead atoms. The van der Waals surface area contributed by atoms with E-state index >= 15 is 0 Å². The van der Waals surface area contributed by atoms with Crippen molar-refractivity contribution in [2.75, 3.05) is 13.7 Å². The molecular formula is C13H19NO5S. The lowest BCUT2D eigenvalue weighted by molar-refractivity contribution is 0.0697. The molecule has 1 atom stereocenters. The Hall–Kier alpha value is -1.44. The van der Waals surface area contributed by atoms with Gasteiger partial charge in [-0.3, -0.25) is 0 Å². The normalized spacial score (nSPS) is 13.1. The summed E-state index contributed by atoms with van der Waals surface area (Å²) in [7, 11) is -1.96. The number of rotatable bonds is 8. The first-order chi connectivity index (χ1) is 9.38. The second-order valence-electron chi connectivity index (χ2n) is 4.44. The van der Waals surface area contributed by atoms with Crippen molar-refractivity contribution in [3.05, 3.63) is 35.4 Å². The highest BCUT2D eigenvalue weighted by atomic mass is 32.2. The molecule has 0 fully saturated rings. The van der Waals surface area contributed by atoms with E-state index in [0.717, 1.165) is 0 Å². The summed E-state index contributed by atoms with van der Waals surface area (Å²) in [5.74, 6) is -1.23. The standard InChI is InChI=1S/C13H19NO5S/c1-3-12(8-19-2)14-20(17,18)9-10-4-6-11(7-5-10)13(15)16/h4-7,12,14H,3,8-9H2,1-2H3,(H,15,16). The number of hydrogen-bond acceptors (Lipinski definition) is 4. The average molecular weight is 301 g/mol. The molecule has 0 spiro atoms. The predicted molar refractivity (Wildman–Crippen MR) is 75.1 cm³/mol. The molecule has 0 aliphatic carbocycles. The number of aromatic carboxylic acids is 1. The SMILES string of the molecule is CCC(COC)NS(=O)(=O)Cc1ccc(C(=O)O)cc1. The van der Waals surface area contributed by atoms with Crippen molar-refractivity contribution in [3.8, 4) is 0 Å². The summed E-state index contributed by atoms with van der Waals surface area (Å²) in [5.41, 5.74) is 0.666. The predicted octanol–water partition coefficient (Wildman–Crippen LogP) is 1.23. The highest BCUT2D eigenvalue weighted by Crippen LogP contribution is 2.09. The zero-order valence-electron chi connectivity index (χ0n) is 11.5. The van der Waals surface area contributed by atoms with Gasteiger partial charge in [0.15, 0.2) is 0 Å². The van der Waals surface area contributed by atoms with E-state index in [4.69, 9.17) is 9.84 Å². The number of benzene rings is 1. The Morgan fingerprint density at radius 1 is 1.35 bits per heavy atom. The second-order valence-corrected chi connectivity index (χ2v) is 6.19. The quantitative estimate of drug-likeness (QED) is 0.753. The first kappa shape index (κ1) is 16.6. The highest BCUT2D eigenvalue weighted by molar-refractivity contribution is 7.88. The van der Waals surface area contributed by atoms with E-state index in [1.807, 2.05) is 6.92 Å². The van der Waals surface area contributed by atoms with Gasteiger partial charge in [-0.25, -0.2) is 17.9 Å². The van der Waals surface area contributed by atoms with E-state index in [2.05, 4.69) is 4.72 Å². The Kier molecular flexibility index (Phi) is 6.12. The molecule has 0 heterocycles. The van der Waals surface area contributed by atoms with Gasteiger partial charge in [-0.2, -0.15) is 0 Å². The monoisotopic (exact) mass is 301 g/mol. The van der Waals surface area contributed by atoms with Crippen LogP contribution in [-0.4, -0.2) is 39.3 Å². The molecule has 20 heavy (non-hydrogen) atoms. The molecule has 1 unspecified atom stereocenters. The van der Waals surface area contributed by atoms with Crippen LogP contribution >= 0.6 is 0 Å². The summed E-state index contributed by atoms with van der Waals surface area (Å²) in [4.78, 5) is 10.7. The van der Waals surface area contributed by atoms with Crippen LogP contribution in [0.15, 0.2) is 24.3 Å². The lowest BCUT2D eigenvalue weighted by atomic mass is 10.1. The zero-order valence-corrected chi connectivity index (χ0v) is 12.3. The maximum Gasteiger partial charge on any atom is 0.335 e. The molecule has 0 aromatic heterocycles. The molecule has 0 amide bonds. The number of carboxylic acid groups (broad SMARTS) is 1. The third-order valence-electron chi connectivity index (χ3n) is 2.76. The Balaban J connectivity index is 2.72. The zero-order chi connectivity index (χ0) is 15.2. The molecular weight excluding hydrogens is 282 g/mol. The van der Waals surface area contributed by atoms with Crippen LogP contribution in [-0.2, 0) is 20.5 Å². The van der Waals surface area contributed by atoms with Gasteiger partial charge in [0, 0.05) is 13.2 Å². The Morgan fingerprint density at radius 3 is 2.40 bits per heavy atom. The minimum Gasteiger partial charge on any atom is -0.478 e. The number of sulfonamides is 1. The van der Waals surface area contributed by atoms with Gasteiger partial charge in [-0.1, -0.05) is 19.1 Å². The largest absolute Gasteiger partial charge is 0.478 e. The van der Waals surface area contributed by atoms with Gasteiger partial charge in [0.05, 0.1) is 17.9 Å². The van der Waals surface area contributed by atoms with Gasteiger partial charge in [-0.05, 0) is 24.1 Å². The van der Waals surface area contributed by atoms with Gasteiger partial charge >= 0.3 is 5.97 Å². The van der Waals surface area contributed by atoms with Gasteiger partial charge in [-0.15, -0.1) is 0 Å².